The monoisotopic (exact) mass is 328 g/mol. The highest BCUT2D eigenvalue weighted by molar-refractivity contribution is 6.33. The highest BCUT2D eigenvalue weighted by Gasteiger charge is 2.43. The van der Waals surface area contributed by atoms with E-state index in [4.69, 9.17) is 21.1 Å². The average molecular weight is 329 g/mol. The van der Waals surface area contributed by atoms with Crippen LogP contribution in [0.5, 0.6) is 0 Å². The van der Waals surface area contributed by atoms with E-state index in [9.17, 15) is 9.18 Å². The van der Waals surface area contributed by atoms with Crippen molar-refractivity contribution in [3.63, 3.8) is 0 Å². The van der Waals surface area contributed by atoms with Gasteiger partial charge in [-0.15, -0.1) is 0 Å². The highest BCUT2D eigenvalue weighted by atomic mass is 35.5. The molecule has 4 atom stereocenters. The number of fused-ring (bicyclic) bond motifs is 1. The minimum Gasteiger partial charge on any atom is -0.457 e. The van der Waals surface area contributed by atoms with Gasteiger partial charge in [-0.2, -0.15) is 14.4 Å². The highest BCUT2D eigenvalue weighted by Crippen LogP contribution is 2.37. The minimum atomic E-state index is -0.956. The third-order valence-corrected chi connectivity index (χ3v) is 4.09. The third kappa shape index (κ3) is 2.42. The van der Waals surface area contributed by atoms with Crippen molar-refractivity contribution in [3.05, 3.63) is 17.6 Å². The van der Waals surface area contributed by atoms with Crippen LogP contribution in [0.3, 0.4) is 0 Å². The van der Waals surface area contributed by atoms with Crippen molar-refractivity contribution in [2.24, 2.45) is 5.92 Å². The summed E-state index contributed by atoms with van der Waals surface area (Å²) < 4.78 is 26.1. The van der Waals surface area contributed by atoms with Gasteiger partial charge in [-0.25, -0.2) is 4.98 Å². The number of esters is 1. The van der Waals surface area contributed by atoms with Gasteiger partial charge in [-0.3, -0.25) is 9.36 Å². The molecule has 0 aromatic carbocycles. The predicted molar refractivity (Wildman–Crippen MR) is 74.6 cm³/mol. The summed E-state index contributed by atoms with van der Waals surface area (Å²) in [6.45, 7) is 5.13. The summed E-state index contributed by atoms with van der Waals surface area (Å²) in [5, 5.41) is -0.0793. The molecule has 3 heterocycles. The second kappa shape index (κ2) is 5.44. The number of ether oxygens (including phenoxy) is 2. The molecule has 3 rings (SSSR count). The van der Waals surface area contributed by atoms with Crippen molar-refractivity contribution in [3.8, 4) is 0 Å². The second-order valence-electron chi connectivity index (χ2n) is 5.27. The summed E-state index contributed by atoms with van der Waals surface area (Å²) in [4.78, 5) is 22.6. The summed E-state index contributed by atoms with van der Waals surface area (Å²) in [5.74, 6) is -0.448. The topological polar surface area (TPSA) is 79.1 Å². The molecule has 1 aliphatic heterocycles. The normalized spacial score (nSPS) is 28.2. The SMILES string of the molecule is CC(=O)O[C@H]1C(n2cnc3c(Cl)nc(F)nc32)O[C@H](C)[C@H]1C. The molecule has 2 aromatic rings. The summed E-state index contributed by atoms with van der Waals surface area (Å²) >= 11 is 5.87. The zero-order chi connectivity index (χ0) is 16.0. The van der Waals surface area contributed by atoms with Gasteiger partial charge in [0.2, 0.25) is 0 Å². The number of rotatable bonds is 2. The van der Waals surface area contributed by atoms with Crippen LogP contribution < -0.4 is 0 Å². The number of carbonyl (C=O) groups excluding carboxylic acids is 1. The number of aromatic nitrogens is 4. The van der Waals surface area contributed by atoms with Gasteiger partial charge in [-0.1, -0.05) is 18.5 Å². The zero-order valence-electron chi connectivity index (χ0n) is 12.2. The molecular formula is C13H14ClFN4O3. The van der Waals surface area contributed by atoms with Gasteiger partial charge in [0.25, 0.3) is 0 Å². The lowest BCUT2D eigenvalue weighted by Gasteiger charge is -2.21. The van der Waals surface area contributed by atoms with Crippen LogP contribution >= 0.6 is 11.6 Å². The predicted octanol–water partition coefficient (Wildman–Crippen LogP) is 2.10. The molecule has 0 spiro atoms. The Morgan fingerprint density at radius 1 is 1.45 bits per heavy atom. The van der Waals surface area contributed by atoms with Crippen LogP contribution in [0.25, 0.3) is 11.2 Å². The van der Waals surface area contributed by atoms with E-state index in [0.29, 0.717) is 0 Å². The van der Waals surface area contributed by atoms with Gasteiger partial charge in [0, 0.05) is 12.8 Å². The van der Waals surface area contributed by atoms with E-state index in [1.807, 2.05) is 13.8 Å². The van der Waals surface area contributed by atoms with Crippen molar-refractivity contribution >= 4 is 28.7 Å². The van der Waals surface area contributed by atoms with Crippen LogP contribution in [-0.4, -0.2) is 37.7 Å². The molecule has 1 unspecified atom stereocenters. The fourth-order valence-electron chi connectivity index (χ4n) is 2.57. The molecule has 9 heteroatoms. The first kappa shape index (κ1) is 15.1. The van der Waals surface area contributed by atoms with Crippen molar-refractivity contribution in [1.29, 1.82) is 0 Å². The number of carbonyl (C=O) groups is 1. The Kier molecular flexibility index (Phi) is 3.73. The lowest BCUT2D eigenvalue weighted by molar-refractivity contribution is -0.153. The molecule has 0 saturated carbocycles. The Morgan fingerprint density at radius 2 is 2.18 bits per heavy atom. The quantitative estimate of drug-likeness (QED) is 0.477. The molecule has 0 amide bonds. The number of imidazole rings is 1. The van der Waals surface area contributed by atoms with E-state index in [1.54, 1.807) is 0 Å². The Morgan fingerprint density at radius 3 is 2.86 bits per heavy atom. The maximum atomic E-state index is 13.4. The summed E-state index contributed by atoms with van der Waals surface area (Å²) in [6, 6.07) is 0. The first-order chi connectivity index (χ1) is 10.4. The van der Waals surface area contributed by atoms with E-state index in [0.717, 1.165) is 0 Å². The molecule has 0 aliphatic carbocycles. The Bertz CT molecular complexity index is 737. The van der Waals surface area contributed by atoms with Crippen LogP contribution in [0.15, 0.2) is 6.33 Å². The maximum absolute atomic E-state index is 13.4. The van der Waals surface area contributed by atoms with Gasteiger partial charge in [0.15, 0.2) is 23.1 Å². The molecule has 1 fully saturated rings. The maximum Gasteiger partial charge on any atom is 0.312 e. The molecule has 22 heavy (non-hydrogen) atoms. The van der Waals surface area contributed by atoms with E-state index >= 15 is 0 Å². The third-order valence-electron chi connectivity index (χ3n) is 3.82. The number of halogens is 2. The van der Waals surface area contributed by atoms with Crippen LogP contribution in [0, 0.1) is 12.0 Å². The molecule has 0 radical (unpaired) electrons. The first-order valence-electron chi connectivity index (χ1n) is 6.76. The Balaban J connectivity index is 2.07. The molecule has 0 N–H and O–H groups in total. The van der Waals surface area contributed by atoms with Crippen molar-refractivity contribution in [2.75, 3.05) is 0 Å². The van der Waals surface area contributed by atoms with Crippen LogP contribution in [0.2, 0.25) is 5.15 Å². The van der Waals surface area contributed by atoms with E-state index in [2.05, 4.69) is 15.0 Å². The van der Waals surface area contributed by atoms with Crippen molar-refractivity contribution in [2.45, 2.75) is 39.2 Å². The van der Waals surface area contributed by atoms with Crippen molar-refractivity contribution in [1.82, 2.24) is 19.5 Å². The smallest absolute Gasteiger partial charge is 0.312 e. The fourth-order valence-corrected chi connectivity index (χ4v) is 2.78. The largest absolute Gasteiger partial charge is 0.457 e. The summed E-state index contributed by atoms with van der Waals surface area (Å²) in [5.41, 5.74) is 0.460. The van der Waals surface area contributed by atoms with Gasteiger partial charge in [0.1, 0.15) is 5.52 Å². The van der Waals surface area contributed by atoms with Gasteiger partial charge in [-0.05, 0) is 6.92 Å². The zero-order valence-corrected chi connectivity index (χ0v) is 12.9. The van der Waals surface area contributed by atoms with E-state index < -0.39 is 24.4 Å². The number of hydrogen-bond donors (Lipinski definition) is 0. The van der Waals surface area contributed by atoms with Crippen LogP contribution in [-0.2, 0) is 14.3 Å². The second-order valence-corrected chi connectivity index (χ2v) is 5.63. The fraction of sp³-hybridized carbons (Fsp3) is 0.538. The molecule has 2 aromatic heterocycles. The van der Waals surface area contributed by atoms with E-state index in [-0.39, 0.29) is 28.3 Å². The van der Waals surface area contributed by atoms with Crippen molar-refractivity contribution < 1.29 is 18.7 Å². The first-order valence-corrected chi connectivity index (χ1v) is 7.14. The van der Waals surface area contributed by atoms with Gasteiger partial charge < -0.3 is 9.47 Å². The molecule has 1 saturated heterocycles. The lowest BCUT2D eigenvalue weighted by atomic mass is 10.0. The average Bonchev–Trinajstić information content (AvgIpc) is 2.95. The van der Waals surface area contributed by atoms with Gasteiger partial charge >= 0.3 is 12.0 Å². The number of nitrogens with zero attached hydrogens (tertiary/aromatic N) is 4. The molecular weight excluding hydrogens is 315 g/mol. The van der Waals surface area contributed by atoms with Crippen LogP contribution in [0.1, 0.15) is 27.0 Å². The summed E-state index contributed by atoms with van der Waals surface area (Å²) in [7, 11) is 0. The van der Waals surface area contributed by atoms with E-state index in [1.165, 1.54) is 17.8 Å². The molecule has 7 nitrogen and oxygen atoms in total. The van der Waals surface area contributed by atoms with Crippen LogP contribution in [0.4, 0.5) is 4.39 Å². The standard InChI is InChI=1S/C13H14ClFN4O3/c1-5-6(2)21-12(9(5)22-7(3)20)19-4-16-8-10(14)17-13(15)18-11(8)19/h4-6,9,12H,1-3H3/t5-,6-,9-,12?/m1/s1. The number of hydrogen-bond acceptors (Lipinski definition) is 6. The van der Waals surface area contributed by atoms with Gasteiger partial charge in [0.05, 0.1) is 12.4 Å². The molecule has 1 aliphatic rings. The lowest BCUT2D eigenvalue weighted by Crippen LogP contribution is -2.29. The Hall–Kier alpha value is -1.80. The molecule has 0 bridgehead atoms. The summed E-state index contributed by atoms with van der Waals surface area (Å²) in [6.07, 6.45) is -0.848. The molecule has 118 valence electrons. The minimum absolute atomic E-state index is 0.0338. The Labute approximate surface area is 130 Å².